The molecule has 0 aliphatic rings. The lowest BCUT2D eigenvalue weighted by molar-refractivity contribution is -0.120. The lowest BCUT2D eigenvalue weighted by atomic mass is 10.1. The molecule has 1 N–H and O–H groups in total. The summed E-state index contributed by atoms with van der Waals surface area (Å²) in [5, 5.41) is 6.78. The molecule has 0 radical (unpaired) electrons. The molecule has 1 amide bonds. The first-order valence-corrected chi connectivity index (χ1v) is 7.67. The van der Waals surface area contributed by atoms with Gasteiger partial charge in [-0.2, -0.15) is 0 Å². The smallest absolute Gasteiger partial charge is 0.224 e. The Labute approximate surface area is 139 Å². The zero-order valence-corrected chi connectivity index (χ0v) is 13.6. The van der Waals surface area contributed by atoms with Crippen LogP contribution in [0.15, 0.2) is 47.4 Å². The second-order valence-electron chi connectivity index (χ2n) is 5.55. The molecule has 0 aliphatic carbocycles. The van der Waals surface area contributed by atoms with Crippen LogP contribution in [0.5, 0.6) is 0 Å². The molecule has 3 aromatic rings. The largest absolute Gasteiger partial charge is 0.361 e. The number of carbonyl (C=O) groups excluding carboxylic acids is 1. The van der Waals surface area contributed by atoms with Gasteiger partial charge in [-0.1, -0.05) is 5.16 Å². The van der Waals surface area contributed by atoms with Crippen molar-refractivity contribution in [1.29, 1.82) is 0 Å². The van der Waals surface area contributed by atoms with Gasteiger partial charge in [0.15, 0.2) is 0 Å². The quantitative estimate of drug-likeness (QED) is 0.781. The van der Waals surface area contributed by atoms with Crippen LogP contribution < -0.4 is 5.32 Å². The first kappa shape index (κ1) is 15.9. The number of aryl methyl sites for hydroxylation is 2. The molecule has 0 fully saturated rings. The average Bonchev–Trinajstić information content (AvgIpc) is 2.93. The van der Waals surface area contributed by atoms with E-state index in [9.17, 15) is 4.79 Å². The van der Waals surface area contributed by atoms with Crippen molar-refractivity contribution in [3.63, 3.8) is 0 Å². The molecule has 0 spiro atoms. The Morgan fingerprint density at radius 2 is 2.12 bits per heavy atom. The molecule has 0 aromatic carbocycles. The van der Waals surface area contributed by atoms with Gasteiger partial charge in [-0.25, -0.2) is 0 Å². The standard InChI is InChI=1S/C18H18N4O2/c1-12-16(13(2)24-22-12)9-18(23)21-10-14-5-7-20-17(8-14)15-4-3-6-19-11-15/h3-8,11H,9-10H2,1-2H3,(H,21,23). The minimum Gasteiger partial charge on any atom is -0.361 e. The Hall–Kier alpha value is -3.02. The third-order valence-corrected chi connectivity index (χ3v) is 3.79. The SMILES string of the molecule is Cc1noc(C)c1CC(=O)NCc1ccnc(-c2cccnc2)c1. The predicted molar refractivity (Wildman–Crippen MR) is 89.0 cm³/mol. The molecule has 6 nitrogen and oxygen atoms in total. The van der Waals surface area contributed by atoms with Crippen LogP contribution >= 0.6 is 0 Å². The normalized spacial score (nSPS) is 10.6. The first-order chi connectivity index (χ1) is 11.6. The fourth-order valence-electron chi connectivity index (χ4n) is 2.43. The van der Waals surface area contributed by atoms with Crippen molar-refractivity contribution in [2.24, 2.45) is 0 Å². The van der Waals surface area contributed by atoms with E-state index in [4.69, 9.17) is 4.52 Å². The van der Waals surface area contributed by atoms with Gasteiger partial charge in [-0.3, -0.25) is 14.8 Å². The van der Waals surface area contributed by atoms with E-state index >= 15 is 0 Å². The van der Waals surface area contributed by atoms with Crippen molar-refractivity contribution >= 4 is 5.91 Å². The number of rotatable bonds is 5. The number of aromatic nitrogens is 3. The molecule has 24 heavy (non-hydrogen) atoms. The Morgan fingerprint density at radius 1 is 1.25 bits per heavy atom. The zero-order valence-electron chi connectivity index (χ0n) is 13.6. The highest BCUT2D eigenvalue weighted by Gasteiger charge is 2.13. The van der Waals surface area contributed by atoms with Crippen LogP contribution in [-0.2, 0) is 17.8 Å². The second-order valence-corrected chi connectivity index (χ2v) is 5.55. The maximum absolute atomic E-state index is 12.1. The fourth-order valence-corrected chi connectivity index (χ4v) is 2.43. The summed E-state index contributed by atoms with van der Waals surface area (Å²) in [7, 11) is 0. The Morgan fingerprint density at radius 3 is 2.83 bits per heavy atom. The Bertz CT molecular complexity index is 824. The monoisotopic (exact) mass is 322 g/mol. The zero-order chi connectivity index (χ0) is 16.9. The van der Waals surface area contributed by atoms with Crippen LogP contribution in [0.25, 0.3) is 11.3 Å². The van der Waals surface area contributed by atoms with E-state index in [-0.39, 0.29) is 12.3 Å². The van der Waals surface area contributed by atoms with E-state index < -0.39 is 0 Å². The number of nitrogens with one attached hydrogen (secondary N) is 1. The molecule has 0 saturated heterocycles. The lowest BCUT2D eigenvalue weighted by Crippen LogP contribution is -2.25. The Kier molecular flexibility index (Phi) is 4.65. The van der Waals surface area contributed by atoms with Gasteiger partial charge in [-0.05, 0) is 43.7 Å². The van der Waals surface area contributed by atoms with E-state index in [0.29, 0.717) is 12.3 Å². The first-order valence-electron chi connectivity index (χ1n) is 7.67. The number of carbonyl (C=O) groups is 1. The van der Waals surface area contributed by atoms with Crippen LogP contribution in [0.2, 0.25) is 0 Å². The van der Waals surface area contributed by atoms with Crippen LogP contribution in [0, 0.1) is 13.8 Å². The maximum Gasteiger partial charge on any atom is 0.224 e. The van der Waals surface area contributed by atoms with E-state index in [2.05, 4.69) is 20.4 Å². The predicted octanol–water partition coefficient (Wildman–Crippen LogP) is 2.61. The van der Waals surface area contributed by atoms with Gasteiger partial charge in [0.1, 0.15) is 5.76 Å². The molecule has 0 atom stereocenters. The topological polar surface area (TPSA) is 80.9 Å². The molecule has 3 rings (SSSR count). The molecular weight excluding hydrogens is 304 g/mol. The Balaban J connectivity index is 1.64. The van der Waals surface area contributed by atoms with Crippen molar-refractivity contribution in [3.05, 3.63) is 65.4 Å². The van der Waals surface area contributed by atoms with Gasteiger partial charge in [0.2, 0.25) is 5.91 Å². The van der Waals surface area contributed by atoms with Crippen molar-refractivity contribution < 1.29 is 9.32 Å². The molecule has 0 aliphatic heterocycles. The maximum atomic E-state index is 12.1. The molecule has 3 heterocycles. The molecule has 0 saturated carbocycles. The average molecular weight is 322 g/mol. The minimum atomic E-state index is -0.0656. The number of amides is 1. The second kappa shape index (κ2) is 7.04. The molecule has 3 aromatic heterocycles. The van der Waals surface area contributed by atoms with E-state index in [1.54, 1.807) is 18.6 Å². The summed E-state index contributed by atoms with van der Waals surface area (Å²) in [4.78, 5) is 20.6. The number of hydrogen-bond acceptors (Lipinski definition) is 5. The van der Waals surface area contributed by atoms with E-state index in [0.717, 1.165) is 28.1 Å². The van der Waals surface area contributed by atoms with Gasteiger partial charge in [-0.15, -0.1) is 0 Å². The van der Waals surface area contributed by atoms with Crippen molar-refractivity contribution in [2.45, 2.75) is 26.8 Å². The number of nitrogens with zero attached hydrogens (tertiary/aromatic N) is 3. The summed E-state index contributed by atoms with van der Waals surface area (Å²) in [6, 6.07) is 7.66. The van der Waals surface area contributed by atoms with Gasteiger partial charge >= 0.3 is 0 Å². The molecular formula is C18H18N4O2. The summed E-state index contributed by atoms with van der Waals surface area (Å²) < 4.78 is 5.08. The lowest BCUT2D eigenvalue weighted by Gasteiger charge is -2.07. The van der Waals surface area contributed by atoms with Gasteiger partial charge in [0, 0.05) is 36.3 Å². The highest BCUT2D eigenvalue weighted by atomic mass is 16.5. The summed E-state index contributed by atoms with van der Waals surface area (Å²) in [6.07, 6.45) is 5.49. The van der Waals surface area contributed by atoms with Crippen LogP contribution in [0.3, 0.4) is 0 Å². The highest BCUT2D eigenvalue weighted by Crippen LogP contribution is 2.16. The minimum absolute atomic E-state index is 0.0656. The molecule has 122 valence electrons. The van der Waals surface area contributed by atoms with Gasteiger partial charge in [0.25, 0.3) is 0 Å². The third-order valence-electron chi connectivity index (χ3n) is 3.79. The fraction of sp³-hybridized carbons (Fsp3) is 0.222. The summed E-state index contributed by atoms with van der Waals surface area (Å²) in [5.74, 6) is 0.620. The van der Waals surface area contributed by atoms with Crippen LogP contribution in [-0.4, -0.2) is 21.0 Å². The summed E-state index contributed by atoms with van der Waals surface area (Å²) in [5.41, 5.74) is 4.36. The summed E-state index contributed by atoms with van der Waals surface area (Å²) in [6.45, 7) is 4.09. The van der Waals surface area contributed by atoms with Crippen LogP contribution in [0.1, 0.15) is 22.6 Å². The van der Waals surface area contributed by atoms with Crippen LogP contribution in [0.4, 0.5) is 0 Å². The third kappa shape index (κ3) is 3.65. The van der Waals surface area contributed by atoms with Crippen molar-refractivity contribution in [1.82, 2.24) is 20.4 Å². The van der Waals surface area contributed by atoms with Gasteiger partial charge in [0.05, 0.1) is 17.8 Å². The van der Waals surface area contributed by atoms with Crippen molar-refractivity contribution in [2.75, 3.05) is 0 Å². The van der Waals surface area contributed by atoms with Gasteiger partial charge < -0.3 is 9.84 Å². The molecule has 0 unspecified atom stereocenters. The number of pyridine rings is 2. The number of hydrogen-bond donors (Lipinski definition) is 1. The molecule has 0 bridgehead atoms. The van der Waals surface area contributed by atoms with E-state index in [1.165, 1.54) is 0 Å². The highest BCUT2D eigenvalue weighted by molar-refractivity contribution is 5.79. The van der Waals surface area contributed by atoms with Crippen molar-refractivity contribution in [3.8, 4) is 11.3 Å². The van der Waals surface area contributed by atoms with E-state index in [1.807, 2.05) is 38.1 Å². The summed E-state index contributed by atoms with van der Waals surface area (Å²) >= 11 is 0. The molecule has 6 heteroatoms.